The maximum atomic E-state index is 12.7. The Hall–Kier alpha value is -2.50. The van der Waals surface area contributed by atoms with Crippen molar-refractivity contribution in [3.8, 4) is 5.75 Å². The fraction of sp³-hybridized carbons (Fsp3) is 0.417. The average Bonchev–Trinajstić information content (AvgIpc) is 2.46. The lowest BCUT2D eigenvalue weighted by Crippen LogP contribution is -2.31. The quantitative estimate of drug-likeness (QED) is 0.663. The highest BCUT2D eigenvalue weighted by atomic mass is 19.4. The van der Waals surface area contributed by atoms with E-state index in [1.807, 2.05) is 0 Å². The van der Waals surface area contributed by atoms with Crippen LogP contribution in [0.15, 0.2) is 18.5 Å². The number of nitrogens with zero attached hydrogens (tertiary/aromatic N) is 1. The van der Waals surface area contributed by atoms with Crippen LogP contribution in [-0.2, 0) is 9.59 Å². The minimum atomic E-state index is -5.08. The van der Waals surface area contributed by atoms with Crippen molar-refractivity contribution in [2.24, 2.45) is 0 Å². The fourth-order valence-corrected chi connectivity index (χ4v) is 1.27. The molecule has 0 spiro atoms. The SMILES string of the molecule is COc1cncc(C(NCC(=O)O)C(F)F)c1.O=C(O)C(F)(F)F. The van der Waals surface area contributed by atoms with E-state index in [0.29, 0.717) is 5.75 Å². The molecular formula is C12H13F5N2O5. The number of aromatic nitrogens is 1. The Morgan fingerprint density at radius 2 is 1.83 bits per heavy atom. The van der Waals surface area contributed by atoms with Crippen molar-refractivity contribution in [2.45, 2.75) is 18.6 Å². The van der Waals surface area contributed by atoms with Crippen molar-refractivity contribution >= 4 is 11.9 Å². The van der Waals surface area contributed by atoms with Crippen LogP contribution in [0.4, 0.5) is 22.0 Å². The first-order valence-corrected chi connectivity index (χ1v) is 6.01. The fourth-order valence-electron chi connectivity index (χ4n) is 1.27. The van der Waals surface area contributed by atoms with Crippen LogP contribution >= 0.6 is 0 Å². The Morgan fingerprint density at radius 1 is 1.29 bits per heavy atom. The Morgan fingerprint density at radius 3 is 2.21 bits per heavy atom. The Bertz CT molecular complexity index is 553. The highest BCUT2D eigenvalue weighted by Gasteiger charge is 2.38. The summed E-state index contributed by atoms with van der Waals surface area (Å²) in [4.78, 5) is 23.0. The van der Waals surface area contributed by atoms with Crippen LogP contribution in [0.5, 0.6) is 5.75 Å². The number of nitrogens with one attached hydrogen (secondary N) is 1. The van der Waals surface area contributed by atoms with Crippen molar-refractivity contribution in [2.75, 3.05) is 13.7 Å². The number of carboxylic acid groups (broad SMARTS) is 2. The number of halogens is 5. The number of hydrogen-bond donors (Lipinski definition) is 3. The molecule has 0 aromatic carbocycles. The van der Waals surface area contributed by atoms with Gasteiger partial charge in [0.25, 0.3) is 6.43 Å². The summed E-state index contributed by atoms with van der Waals surface area (Å²) in [6.45, 7) is -0.549. The molecule has 1 heterocycles. The maximum absolute atomic E-state index is 12.7. The topological polar surface area (TPSA) is 109 Å². The minimum Gasteiger partial charge on any atom is -0.495 e. The van der Waals surface area contributed by atoms with E-state index in [0.717, 1.165) is 0 Å². The van der Waals surface area contributed by atoms with Gasteiger partial charge in [0.05, 0.1) is 25.9 Å². The summed E-state index contributed by atoms with van der Waals surface area (Å²) in [6, 6.07) is 0.00674. The Kier molecular flexibility index (Phi) is 8.60. The van der Waals surface area contributed by atoms with Crippen LogP contribution in [0, 0.1) is 0 Å². The van der Waals surface area contributed by atoms with Gasteiger partial charge in [0.15, 0.2) is 0 Å². The summed E-state index contributed by atoms with van der Waals surface area (Å²) < 4.78 is 62.1. The van der Waals surface area contributed by atoms with E-state index in [2.05, 4.69) is 10.3 Å². The van der Waals surface area contributed by atoms with Gasteiger partial charge in [-0.15, -0.1) is 0 Å². The molecule has 0 saturated carbocycles. The number of methoxy groups -OCH3 is 1. The predicted octanol–water partition coefficient (Wildman–Crippen LogP) is 1.70. The average molecular weight is 360 g/mol. The molecule has 0 amide bonds. The monoisotopic (exact) mass is 360 g/mol. The van der Waals surface area contributed by atoms with E-state index in [1.54, 1.807) is 0 Å². The van der Waals surface area contributed by atoms with Gasteiger partial charge in [-0.05, 0) is 11.6 Å². The molecule has 12 heteroatoms. The molecule has 3 N–H and O–H groups in total. The lowest BCUT2D eigenvalue weighted by Gasteiger charge is -2.17. The third-order valence-corrected chi connectivity index (χ3v) is 2.30. The van der Waals surface area contributed by atoms with Crippen molar-refractivity contribution in [3.63, 3.8) is 0 Å². The first-order valence-electron chi connectivity index (χ1n) is 6.01. The Balaban J connectivity index is 0.000000640. The molecule has 1 atom stereocenters. The normalized spacial score (nSPS) is 12.1. The molecule has 7 nitrogen and oxygen atoms in total. The number of hydrogen-bond acceptors (Lipinski definition) is 5. The van der Waals surface area contributed by atoms with Gasteiger partial charge < -0.3 is 14.9 Å². The maximum Gasteiger partial charge on any atom is 0.490 e. The van der Waals surface area contributed by atoms with Crippen molar-refractivity contribution in [3.05, 3.63) is 24.0 Å². The molecule has 136 valence electrons. The first kappa shape index (κ1) is 21.5. The number of ether oxygens (including phenoxy) is 1. The van der Waals surface area contributed by atoms with Gasteiger partial charge in [-0.25, -0.2) is 13.6 Å². The summed E-state index contributed by atoms with van der Waals surface area (Å²) in [5.74, 6) is -3.62. The molecule has 1 aromatic heterocycles. The summed E-state index contributed by atoms with van der Waals surface area (Å²) in [7, 11) is 1.39. The van der Waals surface area contributed by atoms with Crippen LogP contribution in [-0.4, -0.2) is 53.4 Å². The van der Waals surface area contributed by atoms with Gasteiger partial charge in [-0.2, -0.15) is 13.2 Å². The molecule has 0 fully saturated rings. The zero-order valence-electron chi connectivity index (χ0n) is 12.1. The summed E-state index contributed by atoms with van der Waals surface area (Å²) in [5, 5.41) is 17.8. The molecule has 0 saturated heterocycles. The number of carboxylic acids is 2. The van der Waals surface area contributed by atoms with E-state index >= 15 is 0 Å². The van der Waals surface area contributed by atoms with Crippen LogP contribution in [0.1, 0.15) is 11.6 Å². The molecular weight excluding hydrogens is 347 g/mol. The van der Waals surface area contributed by atoms with Crippen molar-refractivity contribution in [1.82, 2.24) is 10.3 Å². The van der Waals surface area contributed by atoms with Crippen molar-refractivity contribution < 1.29 is 46.5 Å². The summed E-state index contributed by atoms with van der Waals surface area (Å²) >= 11 is 0. The van der Waals surface area contributed by atoms with Gasteiger partial charge in [0.2, 0.25) is 0 Å². The number of rotatable bonds is 6. The largest absolute Gasteiger partial charge is 0.495 e. The second-order valence-electron chi connectivity index (χ2n) is 4.05. The lowest BCUT2D eigenvalue weighted by molar-refractivity contribution is -0.192. The van der Waals surface area contributed by atoms with Gasteiger partial charge in [0, 0.05) is 6.20 Å². The van der Waals surface area contributed by atoms with Crippen LogP contribution in [0.2, 0.25) is 0 Å². The molecule has 0 aliphatic heterocycles. The highest BCUT2D eigenvalue weighted by Crippen LogP contribution is 2.22. The molecule has 1 unspecified atom stereocenters. The summed E-state index contributed by atoms with van der Waals surface area (Å²) in [5.41, 5.74) is 0.181. The van der Waals surface area contributed by atoms with Gasteiger partial charge in [-0.1, -0.05) is 0 Å². The third-order valence-electron chi connectivity index (χ3n) is 2.30. The number of pyridine rings is 1. The number of carbonyl (C=O) groups is 2. The molecule has 0 aliphatic rings. The molecule has 0 aliphatic carbocycles. The zero-order chi connectivity index (χ0) is 18.9. The van der Waals surface area contributed by atoms with Gasteiger partial charge in [0.1, 0.15) is 5.75 Å². The molecule has 0 radical (unpaired) electrons. The van der Waals surface area contributed by atoms with Crippen molar-refractivity contribution in [1.29, 1.82) is 0 Å². The molecule has 24 heavy (non-hydrogen) atoms. The van der Waals surface area contributed by atoms with Gasteiger partial charge in [-0.3, -0.25) is 15.1 Å². The van der Waals surface area contributed by atoms with E-state index in [-0.39, 0.29) is 5.56 Å². The number of alkyl halides is 5. The van der Waals surface area contributed by atoms with E-state index < -0.39 is 37.1 Å². The Labute approximate surface area is 132 Å². The first-order chi connectivity index (χ1) is 11.0. The molecule has 1 aromatic rings. The molecule has 0 bridgehead atoms. The smallest absolute Gasteiger partial charge is 0.490 e. The van der Waals surface area contributed by atoms with E-state index in [4.69, 9.17) is 19.7 Å². The summed E-state index contributed by atoms with van der Waals surface area (Å²) in [6.07, 6.45) is -5.19. The highest BCUT2D eigenvalue weighted by molar-refractivity contribution is 5.73. The predicted molar refractivity (Wildman–Crippen MR) is 68.9 cm³/mol. The van der Waals surface area contributed by atoms with Gasteiger partial charge >= 0.3 is 18.1 Å². The lowest BCUT2D eigenvalue weighted by atomic mass is 10.1. The second-order valence-corrected chi connectivity index (χ2v) is 4.05. The zero-order valence-corrected chi connectivity index (χ0v) is 12.1. The van der Waals surface area contributed by atoms with E-state index in [1.165, 1.54) is 25.6 Å². The second kappa shape index (κ2) is 9.60. The third kappa shape index (κ3) is 8.22. The van der Waals surface area contributed by atoms with Crippen LogP contribution in [0.3, 0.4) is 0 Å². The standard InChI is InChI=1S/C10H12F2N2O3.C2HF3O2/c1-17-7-2-6(3-13-4-7)9(10(11)12)14-5-8(15)16;3-2(4,5)1(6)7/h2-4,9-10,14H,5H2,1H3,(H,15,16);(H,6,7). The number of aliphatic carboxylic acids is 2. The minimum absolute atomic E-state index is 0.181. The van der Waals surface area contributed by atoms with E-state index in [9.17, 15) is 26.7 Å². The van der Waals surface area contributed by atoms with Crippen LogP contribution < -0.4 is 10.1 Å². The van der Waals surface area contributed by atoms with Crippen LogP contribution in [0.25, 0.3) is 0 Å². The molecule has 1 rings (SSSR count).